The van der Waals surface area contributed by atoms with Crippen LogP contribution in [-0.4, -0.2) is 69.8 Å². The molecule has 0 aliphatic rings. The molecule has 0 aromatic rings. The summed E-state index contributed by atoms with van der Waals surface area (Å²) in [5, 5.41) is 5.79. The van der Waals surface area contributed by atoms with Crippen LogP contribution in [0.2, 0.25) is 0 Å². The van der Waals surface area contributed by atoms with Crippen molar-refractivity contribution in [2.24, 2.45) is 0 Å². The average molecular weight is 355 g/mol. The van der Waals surface area contributed by atoms with Gasteiger partial charge in [-0.25, -0.2) is 4.39 Å². The maximum absolute atomic E-state index is 14.1. The zero-order valence-electron chi connectivity index (χ0n) is 15.8. The summed E-state index contributed by atoms with van der Waals surface area (Å²) in [7, 11) is 0. The molecule has 2 N–H and O–H groups in total. The van der Waals surface area contributed by atoms with Crippen molar-refractivity contribution in [3.8, 4) is 0 Å². The predicted octanol–water partition coefficient (Wildman–Crippen LogP) is 2.17. The highest BCUT2D eigenvalue weighted by molar-refractivity contribution is 5.75. The lowest BCUT2D eigenvalue weighted by molar-refractivity contribution is -0.122. The molecule has 1 unspecified atom stereocenters. The number of hydrogen-bond acceptors (Lipinski definition) is 5. The molecule has 0 rings (SSSR count). The fourth-order valence-electron chi connectivity index (χ4n) is 1.77. The normalized spacial score (nSPS) is 13.3. The largest absolute Gasteiger partial charge is 0.378 e. The van der Waals surface area contributed by atoms with Crippen molar-refractivity contribution >= 4 is 5.91 Å². The molecule has 0 spiro atoms. The monoisotopic (exact) mass is 354 g/mol. The van der Waals surface area contributed by atoms with Gasteiger partial charge in [-0.2, -0.15) is 0 Å². The lowest BCUT2D eigenvalue weighted by Crippen LogP contribution is -2.44. The van der Waals surface area contributed by atoms with Crippen molar-refractivity contribution in [3.05, 3.63) is 0 Å². The van der Waals surface area contributed by atoms with E-state index in [1.165, 1.54) is 0 Å². The van der Waals surface area contributed by atoms with Gasteiger partial charge in [-0.05, 0) is 13.8 Å². The Labute approximate surface area is 148 Å². The second-order valence-corrected chi connectivity index (χ2v) is 6.41. The van der Waals surface area contributed by atoms with Crippen LogP contribution in [-0.2, 0) is 19.0 Å². The number of rotatable bonds is 15. The summed E-state index contributed by atoms with van der Waals surface area (Å²) in [5.41, 5.74) is -0.969. The Balaban J connectivity index is -0.00000264. The molecule has 148 valence electrons. The van der Waals surface area contributed by atoms with E-state index in [2.05, 4.69) is 24.5 Å². The van der Waals surface area contributed by atoms with E-state index in [-0.39, 0.29) is 15.3 Å². The summed E-state index contributed by atoms with van der Waals surface area (Å²) >= 11 is 0. The van der Waals surface area contributed by atoms with E-state index in [1.807, 2.05) is 0 Å². The van der Waals surface area contributed by atoms with Crippen LogP contribution in [0.5, 0.6) is 0 Å². The number of nitrogens with one attached hydrogen (secondary N) is 2. The first-order valence-corrected chi connectivity index (χ1v) is 8.73. The molecule has 0 radical (unpaired) electrons. The molecule has 0 aliphatic heterocycles. The Hall–Kier alpha value is -0.760. The van der Waals surface area contributed by atoms with Crippen molar-refractivity contribution in [2.75, 3.05) is 46.1 Å². The van der Waals surface area contributed by atoms with Crippen molar-refractivity contribution in [2.45, 2.75) is 58.9 Å². The lowest BCUT2D eigenvalue weighted by Gasteiger charge is -2.29. The minimum absolute atomic E-state index is 0. The Bertz CT molecular complexity index is 338. The highest BCUT2D eigenvalue weighted by atomic mass is 19.1. The van der Waals surface area contributed by atoms with Crippen LogP contribution in [0.15, 0.2) is 0 Å². The van der Waals surface area contributed by atoms with Gasteiger partial charge in [0.15, 0.2) is 0 Å². The van der Waals surface area contributed by atoms with Crippen LogP contribution in [0.4, 0.5) is 4.39 Å². The number of halogens is 1. The Morgan fingerprint density at radius 3 is 2.29 bits per heavy atom. The first-order valence-electron chi connectivity index (χ1n) is 8.73. The molecule has 0 aromatic heterocycles. The Morgan fingerprint density at radius 1 is 1.12 bits per heavy atom. The van der Waals surface area contributed by atoms with Gasteiger partial charge in [-0.1, -0.05) is 20.8 Å². The SMILES string of the molecule is CCC(=O)NCC(F)C(C)(C)OCCOCCOCCNC(C)C.[HH].[HH]. The highest BCUT2D eigenvalue weighted by Crippen LogP contribution is 2.17. The number of alkyl halides is 1. The van der Waals surface area contributed by atoms with Crippen LogP contribution >= 0.6 is 0 Å². The number of ether oxygens (including phenoxy) is 3. The fraction of sp³-hybridized carbons (Fsp3) is 0.941. The Kier molecular flexibility index (Phi) is 13.1. The summed E-state index contributed by atoms with van der Waals surface area (Å²) in [6.07, 6.45) is -0.929. The zero-order valence-corrected chi connectivity index (χ0v) is 15.8. The molecule has 24 heavy (non-hydrogen) atoms. The lowest BCUT2D eigenvalue weighted by atomic mass is 10.0. The van der Waals surface area contributed by atoms with E-state index in [0.29, 0.717) is 45.5 Å². The third-order valence-electron chi connectivity index (χ3n) is 3.43. The van der Waals surface area contributed by atoms with Crippen LogP contribution in [0.25, 0.3) is 0 Å². The molecule has 1 amide bonds. The maximum Gasteiger partial charge on any atom is 0.219 e. The van der Waals surface area contributed by atoms with Gasteiger partial charge >= 0.3 is 0 Å². The molecular weight excluding hydrogens is 315 g/mol. The smallest absolute Gasteiger partial charge is 0.219 e. The zero-order chi connectivity index (χ0) is 18.4. The van der Waals surface area contributed by atoms with Gasteiger partial charge in [-0.15, -0.1) is 0 Å². The van der Waals surface area contributed by atoms with Gasteiger partial charge in [0.2, 0.25) is 5.91 Å². The van der Waals surface area contributed by atoms with E-state index in [9.17, 15) is 9.18 Å². The second kappa shape index (κ2) is 13.5. The summed E-state index contributed by atoms with van der Waals surface area (Å²) < 4.78 is 30.4. The third-order valence-corrected chi connectivity index (χ3v) is 3.43. The van der Waals surface area contributed by atoms with Gasteiger partial charge in [0, 0.05) is 21.9 Å². The van der Waals surface area contributed by atoms with E-state index in [1.54, 1.807) is 20.8 Å². The minimum Gasteiger partial charge on any atom is -0.378 e. The van der Waals surface area contributed by atoms with E-state index in [0.717, 1.165) is 6.54 Å². The van der Waals surface area contributed by atoms with E-state index >= 15 is 0 Å². The summed E-state index contributed by atoms with van der Waals surface area (Å²) in [5.74, 6) is -0.166. The topological polar surface area (TPSA) is 68.8 Å². The van der Waals surface area contributed by atoms with Gasteiger partial charge in [-0.3, -0.25) is 4.79 Å². The molecule has 0 bridgehead atoms. The molecular formula is C17H39FN2O4. The predicted molar refractivity (Wildman–Crippen MR) is 97.2 cm³/mol. The molecule has 6 nitrogen and oxygen atoms in total. The Morgan fingerprint density at radius 2 is 1.71 bits per heavy atom. The number of carbonyl (C=O) groups is 1. The maximum atomic E-state index is 14.1. The molecule has 0 aliphatic carbocycles. The molecule has 0 fully saturated rings. The summed E-state index contributed by atoms with van der Waals surface area (Å²) in [6, 6.07) is 0.458. The van der Waals surface area contributed by atoms with Crippen molar-refractivity contribution in [1.82, 2.24) is 10.6 Å². The molecule has 1 atom stereocenters. The van der Waals surface area contributed by atoms with Crippen molar-refractivity contribution < 1.29 is 26.2 Å². The van der Waals surface area contributed by atoms with Crippen molar-refractivity contribution in [1.29, 1.82) is 0 Å². The molecule has 7 heteroatoms. The summed E-state index contributed by atoms with van der Waals surface area (Å²) in [4.78, 5) is 11.1. The van der Waals surface area contributed by atoms with Crippen LogP contribution in [0.3, 0.4) is 0 Å². The quantitative estimate of drug-likeness (QED) is 0.441. The standard InChI is InChI=1S/C17H35FN2O4.2H2/c1-6-16(21)20-13-15(18)17(4,5)24-12-11-23-10-9-22-8-7-19-14(2)3;;/h14-15,19H,6-13H2,1-5H3,(H,20,21);2*1H. The van der Waals surface area contributed by atoms with Gasteiger partial charge in [0.1, 0.15) is 6.17 Å². The van der Waals surface area contributed by atoms with Crippen LogP contribution in [0, 0.1) is 0 Å². The highest BCUT2D eigenvalue weighted by Gasteiger charge is 2.30. The van der Waals surface area contributed by atoms with E-state index < -0.39 is 11.8 Å². The van der Waals surface area contributed by atoms with Gasteiger partial charge in [0.05, 0.1) is 45.2 Å². The fourth-order valence-corrected chi connectivity index (χ4v) is 1.77. The average Bonchev–Trinajstić information content (AvgIpc) is 2.53. The first-order chi connectivity index (χ1) is 11.3. The number of amides is 1. The molecule has 0 aromatic carbocycles. The molecule has 0 saturated carbocycles. The van der Waals surface area contributed by atoms with Crippen LogP contribution in [0.1, 0.15) is 43.9 Å². The van der Waals surface area contributed by atoms with Gasteiger partial charge in [0.25, 0.3) is 0 Å². The van der Waals surface area contributed by atoms with Crippen molar-refractivity contribution in [3.63, 3.8) is 0 Å². The number of hydrogen-bond donors (Lipinski definition) is 2. The minimum atomic E-state index is -1.27. The number of carbonyl (C=O) groups excluding carboxylic acids is 1. The second-order valence-electron chi connectivity index (χ2n) is 6.41. The van der Waals surface area contributed by atoms with Crippen LogP contribution < -0.4 is 10.6 Å². The third kappa shape index (κ3) is 12.6. The molecule has 0 heterocycles. The molecule has 0 saturated heterocycles. The summed E-state index contributed by atoms with van der Waals surface area (Å²) in [6.45, 7) is 12.4. The van der Waals surface area contributed by atoms with E-state index in [4.69, 9.17) is 14.2 Å². The first kappa shape index (κ1) is 23.2. The van der Waals surface area contributed by atoms with Gasteiger partial charge < -0.3 is 24.8 Å².